The minimum Gasteiger partial charge on any atom is -0.469 e. The molecule has 1 aromatic heterocycles. The summed E-state index contributed by atoms with van der Waals surface area (Å²) >= 11 is 0. The molecule has 0 bridgehead atoms. The Morgan fingerprint density at radius 2 is 2.00 bits per heavy atom. The second-order valence-electron chi connectivity index (χ2n) is 5.63. The van der Waals surface area contributed by atoms with Crippen LogP contribution in [-0.4, -0.2) is 29.3 Å². The van der Waals surface area contributed by atoms with Crippen LogP contribution < -0.4 is 0 Å². The van der Waals surface area contributed by atoms with Gasteiger partial charge in [-0.3, -0.25) is 4.79 Å². The summed E-state index contributed by atoms with van der Waals surface area (Å²) in [4.78, 5) is 15.8. The molecular formula is C14H20N2O4. The van der Waals surface area contributed by atoms with Crippen LogP contribution in [0.5, 0.6) is 0 Å². The standard InChI is InChI=1S/C14H20N2O4/c1-18-14(17)10-4-6-11(7-5-10)19-8-12-15-13(16-20-12)9-2-3-9/h9-11H,2-8H2,1H3. The summed E-state index contributed by atoms with van der Waals surface area (Å²) in [5, 5.41) is 3.96. The van der Waals surface area contributed by atoms with E-state index in [2.05, 4.69) is 10.1 Å². The van der Waals surface area contributed by atoms with Crippen molar-refractivity contribution in [2.24, 2.45) is 5.92 Å². The number of carbonyl (C=O) groups excluding carboxylic acids is 1. The number of nitrogens with zero attached hydrogens (tertiary/aromatic N) is 2. The fraction of sp³-hybridized carbons (Fsp3) is 0.786. The molecule has 0 radical (unpaired) electrons. The Morgan fingerprint density at radius 3 is 2.65 bits per heavy atom. The number of methoxy groups -OCH3 is 1. The minimum absolute atomic E-state index is 0.0322. The maximum absolute atomic E-state index is 11.4. The predicted octanol–water partition coefficient (Wildman–Crippen LogP) is 2.20. The molecule has 0 unspecified atom stereocenters. The third-order valence-corrected chi connectivity index (χ3v) is 4.08. The van der Waals surface area contributed by atoms with Crippen LogP contribution in [0.4, 0.5) is 0 Å². The molecule has 2 aliphatic rings. The second-order valence-corrected chi connectivity index (χ2v) is 5.63. The van der Waals surface area contributed by atoms with Crippen LogP contribution in [0.15, 0.2) is 4.52 Å². The van der Waals surface area contributed by atoms with Crippen molar-refractivity contribution >= 4 is 5.97 Å². The Bertz CT molecular complexity index is 461. The molecule has 20 heavy (non-hydrogen) atoms. The Labute approximate surface area is 117 Å². The van der Waals surface area contributed by atoms with Gasteiger partial charge in [-0.05, 0) is 38.5 Å². The monoisotopic (exact) mass is 280 g/mol. The van der Waals surface area contributed by atoms with E-state index in [1.165, 1.54) is 7.11 Å². The Hall–Kier alpha value is -1.43. The normalized spacial score (nSPS) is 26.4. The fourth-order valence-corrected chi connectivity index (χ4v) is 2.66. The topological polar surface area (TPSA) is 74.5 Å². The smallest absolute Gasteiger partial charge is 0.308 e. The van der Waals surface area contributed by atoms with E-state index in [0.29, 0.717) is 18.4 Å². The molecule has 0 spiro atoms. The Morgan fingerprint density at radius 1 is 1.25 bits per heavy atom. The minimum atomic E-state index is -0.102. The molecule has 0 aromatic carbocycles. The van der Waals surface area contributed by atoms with Gasteiger partial charge in [0.1, 0.15) is 6.61 Å². The molecule has 6 nitrogen and oxygen atoms in total. The quantitative estimate of drug-likeness (QED) is 0.770. The number of ether oxygens (including phenoxy) is 2. The van der Waals surface area contributed by atoms with E-state index in [1.807, 2.05) is 0 Å². The van der Waals surface area contributed by atoms with Gasteiger partial charge in [-0.1, -0.05) is 5.16 Å². The molecule has 1 heterocycles. The SMILES string of the molecule is COC(=O)C1CCC(OCc2nc(C3CC3)no2)CC1. The van der Waals surface area contributed by atoms with Gasteiger partial charge in [0.25, 0.3) is 5.89 Å². The molecule has 0 aliphatic heterocycles. The number of hydrogen-bond acceptors (Lipinski definition) is 6. The van der Waals surface area contributed by atoms with Crippen LogP contribution in [0.2, 0.25) is 0 Å². The largest absolute Gasteiger partial charge is 0.469 e. The summed E-state index contributed by atoms with van der Waals surface area (Å²) in [6.45, 7) is 0.368. The highest BCUT2D eigenvalue weighted by atomic mass is 16.5. The molecule has 2 aliphatic carbocycles. The zero-order valence-corrected chi connectivity index (χ0v) is 11.7. The first-order chi connectivity index (χ1) is 9.76. The number of rotatable bonds is 5. The van der Waals surface area contributed by atoms with Gasteiger partial charge in [-0.25, -0.2) is 0 Å². The molecule has 0 N–H and O–H groups in total. The van der Waals surface area contributed by atoms with Gasteiger partial charge in [0.15, 0.2) is 5.82 Å². The first kappa shape index (κ1) is 13.5. The molecule has 3 rings (SSSR count). The molecule has 0 saturated heterocycles. The van der Waals surface area contributed by atoms with Crippen molar-refractivity contribution in [3.63, 3.8) is 0 Å². The van der Waals surface area contributed by atoms with Crippen molar-refractivity contribution in [3.8, 4) is 0 Å². The van der Waals surface area contributed by atoms with Crippen LogP contribution >= 0.6 is 0 Å². The van der Waals surface area contributed by atoms with Gasteiger partial charge in [0.2, 0.25) is 0 Å². The number of hydrogen-bond donors (Lipinski definition) is 0. The zero-order valence-electron chi connectivity index (χ0n) is 11.7. The zero-order chi connectivity index (χ0) is 13.9. The molecule has 2 fully saturated rings. The van der Waals surface area contributed by atoms with Crippen LogP contribution in [0.3, 0.4) is 0 Å². The summed E-state index contributed by atoms with van der Waals surface area (Å²) in [6, 6.07) is 0. The van der Waals surface area contributed by atoms with Crippen molar-refractivity contribution in [2.75, 3.05) is 7.11 Å². The summed E-state index contributed by atoms with van der Waals surface area (Å²) in [7, 11) is 1.44. The molecule has 1 aromatic rings. The summed E-state index contributed by atoms with van der Waals surface area (Å²) < 4.78 is 15.7. The van der Waals surface area contributed by atoms with Gasteiger partial charge in [0, 0.05) is 5.92 Å². The lowest BCUT2D eigenvalue weighted by Crippen LogP contribution is -2.26. The van der Waals surface area contributed by atoms with Crippen molar-refractivity contribution in [3.05, 3.63) is 11.7 Å². The van der Waals surface area contributed by atoms with E-state index in [1.54, 1.807) is 0 Å². The summed E-state index contributed by atoms with van der Waals surface area (Å²) in [6.07, 6.45) is 5.91. The van der Waals surface area contributed by atoms with Gasteiger partial charge >= 0.3 is 5.97 Å². The van der Waals surface area contributed by atoms with E-state index < -0.39 is 0 Å². The molecule has 110 valence electrons. The second kappa shape index (κ2) is 5.91. The van der Waals surface area contributed by atoms with Crippen LogP contribution in [0.1, 0.15) is 56.2 Å². The predicted molar refractivity (Wildman–Crippen MR) is 68.8 cm³/mol. The number of carbonyl (C=O) groups is 1. The van der Waals surface area contributed by atoms with E-state index in [0.717, 1.165) is 44.3 Å². The summed E-state index contributed by atoms with van der Waals surface area (Å²) in [5.41, 5.74) is 0. The third-order valence-electron chi connectivity index (χ3n) is 4.08. The molecule has 0 atom stereocenters. The van der Waals surface area contributed by atoms with E-state index in [4.69, 9.17) is 14.0 Å². The highest BCUT2D eigenvalue weighted by Gasteiger charge is 2.30. The van der Waals surface area contributed by atoms with Crippen molar-refractivity contribution in [1.82, 2.24) is 10.1 Å². The lowest BCUT2D eigenvalue weighted by Gasteiger charge is -2.26. The molecule has 6 heteroatoms. The van der Waals surface area contributed by atoms with Crippen LogP contribution in [0, 0.1) is 5.92 Å². The van der Waals surface area contributed by atoms with Crippen molar-refractivity contribution in [1.29, 1.82) is 0 Å². The van der Waals surface area contributed by atoms with Crippen LogP contribution in [0.25, 0.3) is 0 Å². The van der Waals surface area contributed by atoms with Crippen molar-refractivity contribution < 1.29 is 18.8 Å². The van der Waals surface area contributed by atoms with Gasteiger partial charge in [-0.15, -0.1) is 0 Å². The van der Waals surface area contributed by atoms with E-state index >= 15 is 0 Å². The van der Waals surface area contributed by atoms with Crippen molar-refractivity contribution in [2.45, 2.75) is 57.2 Å². The first-order valence-corrected chi connectivity index (χ1v) is 7.28. The maximum Gasteiger partial charge on any atom is 0.308 e. The third kappa shape index (κ3) is 3.17. The van der Waals surface area contributed by atoms with Gasteiger partial charge in [0.05, 0.1) is 19.1 Å². The van der Waals surface area contributed by atoms with E-state index in [9.17, 15) is 4.79 Å². The Kier molecular flexibility index (Phi) is 4.00. The highest BCUT2D eigenvalue weighted by molar-refractivity contribution is 5.72. The molecule has 0 amide bonds. The molecule has 2 saturated carbocycles. The van der Waals surface area contributed by atoms with Crippen LogP contribution in [-0.2, 0) is 20.9 Å². The fourth-order valence-electron chi connectivity index (χ4n) is 2.66. The van der Waals surface area contributed by atoms with Gasteiger partial charge in [-0.2, -0.15) is 4.98 Å². The average Bonchev–Trinajstić information content (AvgIpc) is 3.24. The highest BCUT2D eigenvalue weighted by Crippen LogP contribution is 2.38. The Balaban J connectivity index is 1.41. The number of aromatic nitrogens is 2. The number of esters is 1. The van der Waals surface area contributed by atoms with E-state index in [-0.39, 0.29) is 18.0 Å². The lowest BCUT2D eigenvalue weighted by molar-refractivity contribution is -0.147. The lowest BCUT2D eigenvalue weighted by atomic mass is 9.87. The summed E-state index contributed by atoms with van der Waals surface area (Å²) in [5.74, 6) is 1.81. The maximum atomic E-state index is 11.4. The van der Waals surface area contributed by atoms with Gasteiger partial charge < -0.3 is 14.0 Å². The molecular weight excluding hydrogens is 260 g/mol. The first-order valence-electron chi connectivity index (χ1n) is 7.28. The average molecular weight is 280 g/mol.